The summed E-state index contributed by atoms with van der Waals surface area (Å²) in [4.78, 5) is 35.3. The quantitative estimate of drug-likeness (QED) is 0.633. The topological polar surface area (TPSA) is 105 Å². The van der Waals surface area contributed by atoms with Crippen LogP contribution in [0.5, 0.6) is 0 Å². The van der Waals surface area contributed by atoms with Crippen LogP contribution in [0.1, 0.15) is 32.8 Å². The highest BCUT2D eigenvalue weighted by Crippen LogP contribution is 2.23. The van der Waals surface area contributed by atoms with Gasteiger partial charge in [-0.1, -0.05) is 0 Å². The maximum absolute atomic E-state index is 12.8. The highest BCUT2D eigenvalue weighted by atomic mass is 16.2. The van der Waals surface area contributed by atoms with Crippen molar-refractivity contribution in [2.45, 2.75) is 19.4 Å². The molecule has 0 spiro atoms. The highest BCUT2D eigenvalue weighted by Gasteiger charge is 2.26. The maximum Gasteiger partial charge on any atom is 0.260 e. The molecule has 9 heteroatoms. The molecule has 2 amide bonds. The fourth-order valence-corrected chi connectivity index (χ4v) is 3.61. The molecule has 0 saturated carbocycles. The lowest BCUT2D eigenvalue weighted by Gasteiger charge is -2.24. The molecule has 4 rings (SSSR count). The van der Waals surface area contributed by atoms with E-state index >= 15 is 0 Å². The van der Waals surface area contributed by atoms with Gasteiger partial charge in [0.1, 0.15) is 5.82 Å². The Balaban J connectivity index is 1.39. The lowest BCUT2D eigenvalue weighted by Crippen LogP contribution is -2.33. The molecule has 4 heterocycles. The van der Waals surface area contributed by atoms with Gasteiger partial charge in [-0.2, -0.15) is 5.10 Å². The number of pyridine rings is 2. The zero-order valence-electron chi connectivity index (χ0n) is 17.6. The minimum Gasteiger partial charge on any atom is -0.376 e. The molecule has 1 atom stereocenters. The van der Waals surface area contributed by atoms with Gasteiger partial charge in [0, 0.05) is 39.6 Å². The fraction of sp³-hybridized carbons (Fsp3) is 0.318. The number of carbonyl (C=O) groups excluding carboxylic acids is 2. The first-order valence-electron chi connectivity index (χ1n) is 10.2. The number of rotatable bonds is 6. The monoisotopic (exact) mass is 419 g/mol. The van der Waals surface area contributed by atoms with E-state index in [-0.39, 0.29) is 17.7 Å². The third kappa shape index (κ3) is 4.71. The number of aromatic nitrogens is 4. The number of hydrogen-bond donors (Lipinski definition) is 2. The number of nitrogens with one attached hydrogen (secondary N) is 2. The minimum atomic E-state index is -0.230. The number of amides is 2. The summed E-state index contributed by atoms with van der Waals surface area (Å²) >= 11 is 0. The summed E-state index contributed by atoms with van der Waals surface area (Å²) in [6.45, 7) is 1.25. The van der Waals surface area contributed by atoms with Crippen molar-refractivity contribution in [3.63, 3.8) is 0 Å². The van der Waals surface area contributed by atoms with Crippen molar-refractivity contribution in [1.29, 1.82) is 0 Å². The summed E-state index contributed by atoms with van der Waals surface area (Å²) < 4.78 is 1.87. The van der Waals surface area contributed by atoms with E-state index in [1.54, 1.807) is 43.0 Å². The normalized spacial score (nSPS) is 15.1. The summed E-state index contributed by atoms with van der Waals surface area (Å²) in [5.41, 5.74) is 2.92. The van der Waals surface area contributed by atoms with Crippen molar-refractivity contribution in [2.75, 3.05) is 30.9 Å². The minimum absolute atomic E-state index is 0.141. The molecule has 0 radical (unpaired) electrons. The van der Waals surface area contributed by atoms with Crippen LogP contribution in [0, 0.1) is 5.92 Å². The van der Waals surface area contributed by atoms with Crippen LogP contribution in [0.25, 0.3) is 0 Å². The van der Waals surface area contributed by atoms with E-state index in [0.717, 1.165) is 17.8 Å². The molecule has 1 aliphatic rings. The molecule has 0 aromatic carbocycles. The molecule has 3 aromatic rings. The smallest absolute Gasteiger partial charge is 0.260 e. The van der Waals surface area contributed by atoms with Gasteiger partial charge in [-0.15, -0.1) is 0 Å². The summed E-state index contributed by atoms with van der Waals surface area (Å²) in [6, 6.07) is 7.15. The molecule has 9 nitrogen and oxygen atoms in total. The first-order valence-corrected chi connectivity index (χ1v) is 10.2. The van der Waals surface area contributed by atoms with Gasteiger partial charge < -0.3 is 15.5 Å². The van der Waals surface area contributed by atoms with Crippen LogP contribution in [0.4, 0.5) is 11.5 Å². The van der Waals surface area contributed by atoms with Crippen LogP contribution >= 0.6 is 0 Å². The number of nitrogens with zero attached hydrogens (tertiary/aromatic N) is 5. The number of anilines is 2. The third-order valence-electron chi connectivity index (χ3n) is 5.41. The average molecular weight is 419 g/mol. The van der Waals surface area contributed by atoms with Gasteiger partial charge in [0.2, 0.25) is 0 Å². The van der Waals surface area contributed by atoms with Crippen LogP contribution in [-0.4, -0.2) is 52.2 Å². The molecule has 0 fully saturated rings. The highest BCUT2D eigenvalue weighted by molar-refractivity contribution is 6.04. The van der Waals surface area contributed by atoms with Crippen LogP contribution in [-0.2, 0) is 13.0 Å². The molecule has 1 aliphatic heterocycles. The van der Waals surface area contributed by atoms with E-state index in [1.165, 1.54) is 0 Å². The predicted octanol–water partition coefficient (Wildman–Crippen LogP) is 1.98. The van der Waals surface area contributed by atoms with Gasteiger partial charge in [-0.25, -0.2) is 4.98 Å². The van der Waals surface area contributed by atoms with Gasteiger partial charge in [-0.3, -0.25) is 19.3 Å². The van der Waals surface area contributed by atoms with Crippen molar-refractivity contribution < 1.29 is 9.59 Å². The Morgan fingerprint density at radius 1 is 1.16 bits per heavy atom. The second-order valence-corrected chi connectivity index (χ2v) is 7.79. The zero-order chi connectivity index (χ0) is 21.8. The molecule has 3 aromatic heterocycles. The molecule has 0 bridgehead atoms. The fourth-order valence-electron chi connectivity index (χ4n) is 3.61. The standard InChI is InChI=1S/C22H25N7O2/c1-28(2)17-5-6-20(24-13-17)27-22(31)18-14-26-29-9-7-15(10-19(18)29)11-25-21(30)16-4-3-8-23-12-16/h3-6,8,12-15H,7,9-11H2,1-2H3,(H,25,30)(H,24,27,31)/t15-/m0/s1. The summed E-state index contributed by atoms with van der Waals surface area (Å²) in [6.07, 6.45) is 8.06. The zero-order valence-corrected chi connectivity index (χ0v) is 17.6. The Morgan fingerprint density at radius 3 is 2.74 bits per heavy atom. The molecule has 0 unspecified atom stereocenters. The number of carbonyl (C=O) groups is 2. The summed E-state index contributed by atoms with van der Waals surface area (Å²) in [5.74, 6) is 0.351. The molecule has 160 valence electrons. The molecular weight excluding hydrogens is 394 g/mol. The van der Waals surface area contributed by atoms with E-state index < -0.39 is 0 Å². The lowest BCUT2D eigenvalue weighted by atomic mass is 9.94. The Bertz CT molecular complexity index is 1060. The van der Waals surface area contributed by atoms with Crippen molar-refractivity contribution >= 4 is 23.3 Å². The summed E-state index contributed by atoms with van der Waals surface area (Å²) in [7, 11) is 3.87. The predicted molar refractivity (Wildman–Crippen MR) is 117 cm³/mol. The van der Waals surface area contributed by atoms with Gasteiger partial charge in [0.25, 0.3) is 11.8 Å². The first kappa shape index (κ1) is 20.5. The van der Waals surface area contributed by atoms with Gasteiger partial charge in [0.05, 0.1) is 34.9 Å². The first-order chi connectivity index (χ1) is 15.0. The van der Waals surface area contributed by atoms with Crippen molar-refractivity contribution in [2.24, 2.45) is 5.92 Å². The van der Waals surface area contributed by atoms with E-state index in [9.17, 15) is 9.59 Å². The lowest BCUT2D eigenvalue weighted by molar-refractivity contribution is 0.0942. The molecule has 0 aliphatic carbocycles. The molecule has 31 heavy (non-hydrogen) atoms. The molecule has 2 N–H and O–H groups in total. The van der Waals surface area contributed by atoms with E-state index in [0.29, 0.717) is 36.5 Å². The van der Waals surface area contributed by atoms with Crippen molar-refractivity contribution in [3.8, 4) is 0 Å². The molecule has 0 saturated heterocycles. The summed E-state index contributed by atoms with van der Waals surface area (Å²) in [5, 5.41) is 10.2. The van der Waals surface area contributed by atoms with Gasteiger partial charge in [0.15, 0.2) is 0 Å². The largest absolute Gasteiger partial charge is 0.376 e. The Labute approximate surface area is 180 Å². The van der Waals surface area contributed by atoms with E-state index in [4.69, 9.17) is 0 Å². The van der Waals surface area contributed by atoms with Crippen molar-refractivity contribution in [1.82, 2.24) is 25.1 Å². The Kier molecular flexibility index (Phi) is 5.92. The second kappa shape index (κ2) is 8.95. The number of aryl methyl sites for hydroxylation is 1. The van der Waals surface area contributed by atoms with Crippen molar-refractivity contribution in [3.05, 3.63) is 65.9 Å². The van der Waals surface area contributed by atoms with Crippen LogP contribution < -0.4 is 15.5 Å². The second-order valence-electron chi connectivity index (χ2n) is 7.79. The van der Waals surface area contributed by atoms with Gasteiger partial charge in [-0.05, 0) is 43.0 Å². The average Bonchev–Trinajstić information content (AvgIpc) is 3.22. The molecular formula is C22H25N7O2. The number of fused-ring (bicyclic) bond motifs is 1. The number of hydrogen-bond acceptors (Lipinski definition) is 6. The van der Waals surface area contributed by atoms with E-state index in [1.807, 2.05) is 29.7 Å². The maximum atomic E-state index is 12.8. The third-order valence-corrected chi connectivity index (χ3v) is 5.41. The Hall–Kier alpha value is -3.75. The SMILES string of the molecule is CN(C)c1ccc(NC(=O)c2cnn3c2C[C@@H](CNC(=O)c2cccnc2)CC3)nc1. The van der Waals surface area contributed by atoms with Crippen LogP contribution in [0.3, 0.4) is 0 Å². The van der Waals surface area contributed by atoms with Gasteiger partial charge >= 0.3 is 0 Å². The van der Waals surface area contributed by atoms with E-state index in [2.05, 4.69) is 25.7 Å². The van der Waals surface area contributed by atoms with Crippen LogP contribution in [0.15, 0.2) is 49.1 Å². The van der Waals surface area contributed by atoms with Crippen LogP contribution in [0.2, 0.25) is 0 Å². The Morgan fingerprint density at radius 2 is 2.03 bits per heavy atom.